The minimum Gasteiger partial charge on any atom is -0.493 e. The average Bonchev–Trinajstić information content (AvgIpc) is 3.27. The van der Waals surface area contributed by atoms with Crippen LogP contribution < -0.4 is 14.2 Å². The lowest BCUT2D eigenvalue weighted by atomic mass is 9.79. The molecule has 2 aromatic rings. The molecule has 0 spiro atoms. The third kappa shape index (κ3) is 5.09. The Labute approximate surface area is 190 Å². The van der Waals surface area contributed by atoms with Gasteiger partial charge in [-0.2, -0.15) is 0 Å². The molecule has 6 heteroatoms. The number of nitrogens with zero attached hydrogens (tertiary/aromatic N) is 1. The summed E-state index contributed by atoms with van der Waals surface area (Å²) >= 11 is 0. The quantitative estimate of drug-likeness (QED) is 0.580. The van der Waals surface area contributed by atoms with E-state index in [0.29, 0.717) is 24.5 Å². The van der Waals surface area contributed by atoms with Gasteiger partial charge in [0.05, 0.1) is 6.61 Å². The van der Waals surface area contributed by atoms with Gasteiger partial charge < -0.3 is 14.2 Å². The van der Waals surface area contributed by atoms with E-state index in [9.17, 15) is 4.39 Å². The molecular formula is C25H31ClFNO3. The van der Waals surface area contributed by atoms with Gasteiger partial charge in [0.25, 0.3) is 0 Å². The van der Waals surface area contributed by atoms with E-state index in [1.165, 1.54) is 37.7 Å². The highest BCUT2D eigenvalue weighted by atomic mass is 35.5. The zero-order chi connectivity index (χ0) is 20.3. The lowest BCUT2D eigenvalue weighted by Gasteiger charge is -2.43. The van der Waals surface area contributed by atoms with E-state index in [2.05, 4.69) is 4.90 Å². The zero-order valence-electron chi connectivity index (χ0n) is 17.8. The van der Waals surface area contributed by atoms with E-state index in [4.69, 9.17) is 14.2 Å². The molecule has 1 saturated carbocycles. The molecule has 1 saturated heterocycles. The minimum absolute atomic E-state index is 0. The fourth-order valence-electron chi connectivity index (χ4n) is 5.33. The van der Waals surface area contributed by atoms with Crippen LogP contribution in [0.4, 0.5) is 4.39 Å². The molecule has 0 aromatic heterocycles. The van der Waals surface area contributed by atoms with Crippen LogP contribution in [0.25, 0.3) is 0 Å². The molecular weight excluding hydrogens is 417 g/mol. The van der Waals surface area contributed by atoms with Crippen LogP contribution in [0.1, 0.15) is 50.0 Å². The number of fused-ring (bicyclic) bond motifs is 1. The number of hydrogen-bond donors (Lipinski definition) is 0. The topological polar surface area (TPSA) is 30.9 Å². The molecule has 2 atom stereocenters. The first-order valence-electron chi connectivity index (χ1n) is 11.3. The summed E-state index contributed by atoms with van der Waals surface area (Å²) in [6.07, 6.45) is 7.80. The van der Waals surface area contributed by atoms with Gasteiger partial charge in [0.2, 0.25) is 6.79 Å². The average molecular weight is 448 g/mol. The molecule has 2 heterocycles. The summed E-state index contributed by atoms with van der Waals surface area (Å²) in [5.74, 6) is 2.91. The fourth-order valence-corrected chi connectivity index (χ4v) is 5.33. The molecule has 0 bridgehead atoms. The summed E-state index contributed by atoms with van der Waals surface area (Å²) in [6.45, 7) is 3.07. The predicted octanol–water partition coefficient (Wildman–Crippen LogP) is 5.79. The van der Waals surface area contributed by atoms with Crippen molar-refractivity contribution in [3.8, 4) is 17.2 Å². The maximum Gasteiger partial charge on any atom is 0.231 e. The van der Waals surface area contributed by atoms with Crippen LogP contribution in [-0.2, 0) is 0 Å². The maximum atomic E-state index is 13.5. The lowest BCUT2D eigenvalue weighted by Crippen LogP contribution is -2.47. The van der Waals surface area contributed by atoms with Crippen molar-refractivity contribution in [2.45, 2.75) is 50.5 Å². The molecule has 0 N–H and O–H groups in total. The van der Waals surface area contributed by atoms with Crippen LogP contribution in [0.15, 0.2) is 42.5 Å². The Morgan fingerprint density at radius 3 is 2.52 bits per heavy atom. The van der Waals surface area contributed by atoms with Gasteiger partial charge in [-0.05, 0) is 61.6 Å². The van der Waals surface area contributed by atoms with Gasteiger partial charge in [-0.3, -0.25) is 4.90 Å². The molecule has 0 radical (unpaired) electrons. The molecule has 2 aliphatic heterocycles. The Kier molecular flexibility index (Phi) is 7.24. The molecule has 4 nitrogen and oxygen atoms in total. The second kappa shape index (κ2) is 10.1. The first kappa shape index (κ1) is 22.2. The van der Waals surface area contributed by atoms with Gasteiger partial charge >= 0.3 is 0 Å². The molecule has 2 fully saturated rings. The summed E-state index contributed by atoms with van der Waals surface area (Å²) in [5.41, 5.74) is 1.22. The van der Waals surface area contributed by atoms with Crippen molar-refractivity contribution >= 4 is 12.4 Å². The Bertz CT molecular complexity index is 856. The monoisotopic (exact) mass is 447 g/mol. The second-order valence-corrected chi connectivity index (χ2v) is 8.82. The molecule has 3 aliphatic rings. The van der Waals surface area contributed by atoms with Crippen LogP contribution >= 0.6 is 12.4 Å². The maximum absolute atomic E-state index is 13.5. The van der Waals surface area contributed by atoms with E-state index in [1.807, 2.05) is 30.3 Å². The van der Waals surface area contributed by atoms with E-state index < -0.39 is 0 Å². The van der Waals surface area contributed by atoms with E-state index >= 15 is 0 Å². The lowest BCUT2D eigenvalue weighted by molar-refractivity contribution is 0.0639. The predicted molar refractivity (Wildman–Crippen MR) is 121 cm³/mol. The van der Waals surface area contributed by atoms with E-state index in [1.54, 1.807) is 12.1 Å². The highest BCUT2D eigenvalue weighted by Crippen LogP contribution is 2.38. The van der Waals surface area contributed by atoms with Gasteiger partial charge in [0.15, 0.2) is 11.5 Å². The van der Waals surface area contributed by atoms with Crippen LogP contribution in [0.5, 0.6) is 17.2 Å². The molecule has 1 aliphatic carbocycles. The second-order valence-electron chi connectivity index (χ2n) is 8.82. The number of halogens is 2. The van der Waals surface area contributed by atoms with Crippen molar-refractivity contribution < 1.29 is 18.6 Å². The fraction of sp³-hybridized carbons (Fsp3) is 0.520. The third-order valence-electron chi connectivity index (χ3n) is 6.96. The summed E-state index contributed by atoms with van der Waals surface area (Å²) < 4.78 is 30.6. The summed E-state index contributed by atoms with van der Waals surface area (Å²) in [4.78, 5) is 2.69. The Balaban J connectivity index is 0.00000231. The standard InChI is InChI=1S/C25H30FNO3.ClH/c26-20-8-6-18(7-9-20)23-12-13-27(21-4-2-1-3-5-21)15-19(23)16-28-22-10-11-24-25(14-22)30-17-29-24;/h6-11,14,19,21,23H,1-5,12-13,15-17H2;1H/t19-,23-;/m0./s1. The Hall–Kier alpha value is -1.98. The number of likely N-dealkylation sites (tertiary alicyclic amines) is 1. The van der Waals surface area contributed by atoms with Gasteiger partial charge in [-0.25, -0.2) is 4.39 Å². The molecule has 168 valence electrons. The van der Waals surface area contributed by atoms with Gasteiger partial charge in [0.1, 0.15) is 11.6 Å². The van der Waals surface area contributed by atoms with Crippen molar-refractivity contribution in [3.05, 3.63) is 53.8 Å². The van der Waals surface area contributed by atoms with Crippen molar-refractivity contribution in [2.75, 3.05) is 26.5 Å². The molecule has 31 heavy (non-hydrogen) atoms. The SMILES string of the molecule is Cl.Fc1ccc([C@@H]2CCN(C3CCCCC3)C[C@H]2COc2ccc3c(c2)OCO3)cc1. The van der Waals surface area contributed by atoms with E-state index in [0.717, 1.165) is 36.8 Å². The summed E-state index contributed by atoms with van der Waals surface area (Å²) in [7, 11) is 0. The molecule has 0 amide bonds. The normalized spacial score (nSPS) is 23.9. The van der Waals surface area contributed by atoms with Crippen molar-refractivity contribution in [2.24, 2.45) is 5.92 Å². The number of piperidine rings is 1. The first-order valence-corrected chi connectivity index (χ1v) is 11.3. The smallest absolute Gasteiger partial charge is 0.231 e. The van der Waals surface area contributed by atoms with Crippen molar-refractivity contribution in [1.29, 1.82) is 0 Å². The van der Waals surface area contributed by atoms with Crippen LogP contribution in [0, 0.1) is 11.7 Å². The molecule has 0 unspecified atom stereocenters. The largest absolute Gasteiger partial charge is 0.493 e. The number of ether oxygens (including phenoxy) is 3. The van der Waals surface area contributed by atoms with Crippen LogP contribution in [0.3, 0.4) is 0 Å². The van der Waals surface area contributed by atoms with E-state index in [-0.39, 0.29) is 25.0 Å². The Morgan fingerprint density at radius 1 is 0.935 bits per heavy atom. The number of benzene rings is 2. The van der Waals surface area contributed by atoms with Crippen molar-refractivity contribution in [1.82, 2.24) is 4.90 Å². The van der Waals surface area contributed by atoms with Gasteiger partial charge in [-0.1, -0.05) is 31.4 Å². The zero-order valence-corrected chi connectivity index (χ0v) is 18.6. The highest BCUT2D eigenvalue weighted by Gasteiger charge is 2.34. The van der Waals surface area contributed by atoms with Crippen molar-refractivity contribution in [3.63, 3.8) is 0 Å². The summed E-state index contributed by atoms with van der Waals surface area (Å²) in [6, 6.07) is 13.5. The van der Waals surface area contributed by atoms with Crippen LogP contribution in [-0.4, -0.2) is 37.4 Å². The Morgan fingerprint density at radius 2 is 1.71 bits per heavy atom. The van der Waals surface area contributed by atoms with Crippen LogP contribution in [0.2, 0.25) is 0 Å². The number of hydrogen-bond acceptors (Lipinski definition) is 4. The van der Waals surface area contributed by atoms with Gasteiger partial charge in [-0.15, -0.1) is 12.4 Å². The van der Waals surface area contributed by atoms with Gasteiger partial charge in [0, 0.05) is 24.6 Å². The number of rotatable bonds is 5. The third-order valence-corrected chi connectivity index (χ3v) is 6.96. The highest BCUT2D eigenvalue weighted by molar-refractivity contribution is 5.85. The summed E-state index contributed by atoms with van der Waals surface area (Å²) in [5, 5.41) is 0. The first-order chi connectivity index (χ1) is 14.8. The molecule has 5 rings (SSSR count). The molecule has 2 aromatic carbocycles. The minimum atomic E-state index is -0.174.